The molecule has 27 heavy (non-hydrogen) atoms. The molecule has 0 radical (unpaired) electrons. The van der Waals surface area contributed by atoms with E-state index in [4.69, 9.17) is 19.6 Å². The van der Waals surface area contributed by atoms with Gasteiger partial charge in [-0.05, 0) is 49.4 Å². The molecule has 162 valence electrons. The molecule has 0 aliphatic heterocycles. The van der Waals surface area contributed by atoms with Gasteiger partial charge in [-0.1, -0.05) is 40.5 Å². The van der Waals surface area contributed by atoms with Gasteiger partial charge in [0.05, 0.1) is 6.61 Å². The zero-order valence-electron chi connectivity index (χ0n) is 17.4. The predicted octanol–water partition coefficient (Wildman–Crippen LogP) is 4.76. The summed E-state index contributed by atoms with van der Waals surface area (Å²) in [5.41, 5.74) is 0.0458. The number of rotatable bonds is 17. The van der Waals surface area contributed by atoms with Crippen molar-refractivity contribution < 1.29 is 33.5 Å². The number of carboxylic acid groups (broad SMARTS) is 1. The Kier molecular flexibility index (Phi) is 12.7. The Hall–Kier alpha value is -0.460. The maximum atomic E-state index is 10.7. The van der Waals surface area contributed by atoms with E-state index in [1.165, 1.54) is 0 Å². The fraction of sp³-hybridized carbons (Fsp3) is 0.947. The van der Waals surface area contributed by atoms with E-state index in [0.717, 1.165) is 51.7 Å². The van der Waals surface area contributed by atoms with Gasteiger partial charge < -0.3 is 19.6 Å². The van der Waals surface area contributed by atoms with Crippen LogP contribution in [0.1, 0.15) is 85.5 Å². The summed E-state index contributed by atoms with van der Waals surface area (Å²) in [7, 11) is -4.37. The Morgan fingerprint density at radius 1 is 0.815 bits per heavy atom. The van der Waals surface area contributed by atoms with Gasteiger partial charge in [-0.2, -0.15) is 0 Å². The highest BCUT2D eigenvalue weighted by atomic mass is 31.2. The molecule has 0 aromatic carbocycles. The van der Waals surface area contributed by atoms with E-state index in [1.54, 1.807) is 0 Å². The Labute approximate surface area is 164 Å². The molecule has 0 aliphatic carbocycles. The first kappa shape index (κ1) is 26.5. The number of aliphatic carboxylic acids is 1. The van der Waals surface area contributed by atoms with Gasteiger partial charge in [0, 0.05) is 19.6 Å². The Balaban J connectivity index is 3.61. The minimum Gasteiger partial charge on any atom is -0.481 e. The van der Waals surface area contributed by atoms with Gasteiger partial charge in [-0.25, -0.2) is 4.57 Å². The van der Waals surface area contributed by atoms with E-state index in [-0.39, 0.29) is 23.9 Å². The average molecular weight is 410 g/mol. The summed E-state index contributed by atoms with van der Waals surface area (Å²) in [4.78, 5) is 28.0. The Morgan fingerprint density at radius 2 is 1.30 bits per heavy atom. The first-order valence-electron chi connectivity index (χ1n) is 9.83. The lowest BCUT2D eigenvalue weighted by Crippen LogP contribution is -2.14. The number of carboxylic acids is 1. The van der Waals surface area contributed by atoms with Gasteiger partial charge in [0.15, 0.2) is 0 Å². The minimum atomic E-state index is -4.37. The minimum absolute atomic E-state index is 0.0172. The monoisotopic (exact) mass is 410 g/mol. The van der Waals surface area contributed by atoms with Crippen molar-refractivity contribution in [2.75, 3.05) is 19.8 Å². The maximum Gasteiger partial charge on any atom is 0.469 e. The van der Waals surface area contributed by atoms with Gasteiger partial charge >= 0.3 is 13.8 Å². The summed E-state index contributed by atoms with van der Waals surface area (Å²) in [6.45, 7) is 9.89. The molecule has 7 nitrogen and oxygen atoms in total. The van der Waals surface area contributed by atoms with E-state index < -0.39 is 13.8 Å². The van der Waals surface area contributed by atoms with E-state index in [2.05, 4.69) is 32.2 Å². The van der Waals surface area contributed by atoms with Crippen LogP contribution in [0.5, 0.6) is 0 Å². The maximum absolute atomic E-state index is 10.7. The predicted molar refractivity (Wildman–Crippen MR) is 106 cm³/mol. The quantitative estimate of drug-likeness (QED) is 0.234. The summed E-state index contributed by atoms with van der Waals surface area (Å²) < 4.78 is 20.8. The molecule has 0 bridgehead atoms. The largest absolute Gasteiger partial charge is 0.481 e. The molecule has 0 aliphatic rings. The van der Waals surface area contributed by atoms with E-state index in [1.807, 2.05) is 0 Å². The molecule has 0 saturated carbocycles. The lowest BCUT2D eigenvalue weighted by molar-refractivity contribution is -0.137. The van der Waals surface area contributed by atoms with E-state index in [9.17, 15) is 9.36 Å². The third-order valence-electron chi connectivity index (χ3n) is 4.84. The number of carbonyl (C=O) groups is 1. The van der Waals surface area contributed by atoms with Crippen molar-refractivity contribution >= 4 is 13.8 Å². The molecule has 0 unspecified atom stereocenters. The zero-order valence-corrected chi connectivity index (χ0v) is 18.3. The summed E-state index contributed by atoms with van der Waals surface area (Å²) in [6, 6.07) is 0. The van der Waals surface area contributed by atoms with Gasteiger partial charge in [0.25, 0.3) is 0 Å². The van der Waals surface area contributed by atoms with Gasteiger partial charge in [0.1, 0.15) is 0 Å². The van der Waals surface area contributed by atoms with Crippen LogP contribution >= 0.6 is 7.82 Å². The molecule has 0 fully saturated rings. The summed E-state index contributed by atoms with van der Waals surface area (Å²) >= 11 is 0. The molecular weight excluding hydrogens is 371 g/mol. The molecule has 0 rings (SSSR count). The molecule has 0 spiro atoms. The SMILES string of the molecule is CC(C)(CCCCOCCCCC(C)(C)CCC(=O)O)CCOP(=O)(O)O. The smallest absolute Gasteiger partial charge is 0.469 e. The molecule has 0 atom stereocenters. The second-order valence-electron chi connectivity index (χ2n) is 8.82. The fourth-order valence-electron chi connectivity index (χ4n) is 2.85. The molecule has 0 aromatic heterocycles. The third-order valence-corrected chi connectivity index (χ3v) is 5.36. The lowest BCUT2D eigenvalue weighted by Gasteiger charge is -2.24. The average Bonchev–Trinajstić information content (AvgIpc) is 2.50. The lowest BCUT2D eigenvalue weighted by atomic mass is 9.83. The highest BCUT2D eigenvalue weighted by molar-refractivity contribution is 7.46. The third kappa shape index (κ3) is 18.7. The first-order chi connectivity index (χ1) is 12.3. The van der Waals surface area contributed by atoms with Crippen LogP contribution in [0.3, 0.4) is 0 Å². The molecule has 0 amide bonds. The second-order valence-corrected chi connectivity index (χ2v) is 10.1. The summed E-state index contributed by atoms with van der Waals surface area (Å²) in [6.07, 6.45) is 7.51. The number of hydrogen-bond acceptors (Lipinski definition) is 4. The van der Waals surface area contributed by atoms with Crippen molar-refractivity contribution in [3.8, 4) is 0 Å². The van der Waals surface area contributed by atoms with E-state index >= 15 is 0 Å². The van der Waals surface area contributed by atoms with Crippen LogP contribution in [0.25, 0.3) is 0 Å². The van der Waals surface area contributed by atoms with Crippen LogP contribution < -0.4 is 0 Å². The van der Waals surface area contributed by atoms with Crippen molar-refractivity contribution in [3.63, 3.8) is 0 Å². The molecule has 0 aromatic rings. The van der Waals surface area contributed by atoms with E-state index in [0.29, 0.717) is 12.8 Å². The molecule has 0 heterocycles. The van der Waals surface area contributed by atoms with Crippen LogP contribution in [-0.4, -0.2) is 40.7 Å². The van der Waals surface area contributed by atoms with Crippen LogP contribution in [0.15, 0.2) is 0 Å². The molecule has 3 N–H and O–H groups in total. The van der Waals surface area contributed by atoms with Crippen LogP contribution in [0.2, 0.25) is 0 Å². The Bertz CT molecular complexity index is 457. The van der Waals surface area contributed by atoms with Gasteiger partial charge in [0.2, 0.25) is 0 Å². The normalized spacial score (nSPS) is 13.1. The highest BCUT2D eigenvalue weighted by Crippen LogP contribution is 2.37. The molecule has 0 saturated heterocycles. The highest BCUT2D eigenvalue weighted by Gasteiger charge is 2.21. The van der Waals surface area contributed by atoms with Crippen molar-refractivity contribution in [2.24, 2.45) is 10.8 Å². The zero-order chi connectivity index (χ0) is 21.0. The topological polar surface area (TPSA) is 113 Å². The number of ether oxygens (including phenoxy) is 1. The molecule has 8 heteroatoms. The van der Waals surface area contributed by atoms with Crippen molar-refractivity contribution in [1.29, 1.82) is 0 Å². The number of phosphoric acid groups is 1. The number of phosphoric ester groups is 1. The van der Waals surface area contributed by atoms with Crippen LogP contribution in [-0.2, 0) is 18.6 Å². The molecular formula is C19H39O7P. The van der Waals surface area contributed by atoms with Gasteiger partial charge in [-0.15, -0.1) is 0 Å². The van der Waals surface area contributed by atoms with Crippen molar-refractivity contribution in [2.45, 2.75) is 85.5 Å². The summed E-state index contributed by atoms with van der Waals surface area (Å²) in [5.74, 6) is -0.732. The van der Waals surface area contributed by atoms with Crippen molar-refractivity contribution in [3.05, 3.63) is 0 Å². The second kappa shape index (κ2) is 12.9. The van der Waals surface area contributed by atoms with Gasteiger partial charge in [-0.3, -0.25) is 9.32 Å². The Morgan fingerprint density at radius 3 is 1.74 bits per heavy atom. The first-order valence-corrected chi connectivity index (χ1v) is 11.4. The summed E-state index contributed by atoms with van der Waals surface area (Å²) in [5, 5.41) is 8.76. The van der Waals surface area contributed by atoms with Crippen molar-refractivity contribution in [1.82, 2.24) is 0 Å². The number of hydrogen-bond donors (Lipinski definition) is 3. The van der Waals surface area contributed by atoms with Crippen LogP contribution in [0.4, 0.5) is 0 Å². The standard InChI is InChI=1S/C19H39O7P/c1-18(2,12-9-17(20)21)10-5-7-14-25-15-8-6-11-19(3,4)13-16-26-27(22,23)24/h5-16H2,1-4H3,(H,20,21)(H2,22,23,24). The number of unbranched alkanes of at least 4 members (excludes halogenated alkanes) is 2. The fourth-order valence-corrected chi connectivity index (χ4v) is 3.18. The van der Waals surface area contributed by atoms with Crippen LogP contribution in [0, 0.1) is 10.8 Å².